The van der Waals surface area contributed by atoms with Gasteiger partial charge in [0.25, 0.3) is 0 Å². The topological polar surface area (TPSA) is 30.0 Å². The Morgan fingerprint density at radius 2 is 2.42 bits per heavy atom. The van der Waals surface area contributed by atoms with Gasteiger partial charge in [0.1, 0.15) is 0 Å². The molecule has 1 aliphatic carbocycles. The standard InChI is InChI=1S/C9H11NOS/c1-6-10-5-8(12-6)9(11)7-3-2-4-7/h5,7H,2-4H2,1H3. The van der Waals surface area contributed by atoms with Gasteiger partial charge in [-0.1, -0.05) is 6.42 Å². The summed E-state index contributed by atoms with van der Waals surface area (Å²) in [5, 5.41) is 0.984. The van der Waals surface area contributed by atoms with Crippen LogP contribution in [0.5, 0.6) is 0 Å². The van der Waals surface area contributed by atoms with Crippen LogP contribution >= 0.6 is 11.3 Å². The van der Waals surface area contributed by atoms with E-state index in [9.17, 15) is 4.79 Å². The summed E-state index contributed by atoms with van der Waals surface area (Å²) < 4.78 is 0. The first-order valence-corrected chi connectivity index (χ1v) is 5.05. The summed E-state index contributed by atoms with van der Waals surface area (Å²) in [6.07, 6.45) is 5.08. The Kier molecular flexibility index (Phi) is 1.97. The molecule has 1 saturated carbocycles. The Hall–Kier alpha value is -0.700. The zero-order chi connectivity index (χ0) is 8.55. The molecule has 2 rings (SSSR count). The number of hydrogen-bond donors (Lipinski definition) is 0. The average molecular weight is 181 g/mol. The molecule has 3 heteroatoms. The molecule has 0 N–H and O–H groups in total. The molecule has 12 heavy (non-hydrogen) atoms. The number of aromatic nitrogens is 1. The number of ketones is 1. The van der Waals surface area contributed by atoms with Crippen LogP contribution in [0.1, 0.15) is 33.9 Å². The largest absolute Gasteiger partial charge is 0.293 e. The number of aryl methyl sites for hydroxylation is 1. The highest BCUT2D eigenvalue weighted by atomic mass is 32.1. The lowest BCUT2D eigenvalue weighted by Crippen LogP contribution is -2.20. The van der Waals surface area contributed by atoms with Crippen molar-refractivity contribution in [2.75, 3.05) is 0 Å². The van der Waals surface area contributed by atoms with Gasteiger partial charge in [0.2, 0.25) is 0 Å². The molecule has 0 unspecified atom stereocenters. The van der Waals surface area contributed by atoms with Crippen molar-refractivity contribution in [3.05, 3.63) is 16.1 Å². The lowest BCUT2D eigenvalue weighted by atomic mass is 9.82. The number of Topliss-reactive ketones (excluding diaryl/α,β-unsaturated/α-hetero) is 1. The summed E-state index contributed by atoms with van der Waals surface area (Å²) in [5.74, 6) is 0.622. The quantitative estimate of drug-likeness (QED) is 0.656. The second kappa shape index (κ2) is 2.98. The van der Waals surface area contributed by atoms with E-state index in [0.717, 1.165) is 22.7 Å². The van der Waals surface area contributed by atoms with Gasteiger partial charge in [-0.25, -0.2) is 4.98 Å². The normalized spacial score (nSPS) is 17.4. The van der Waals surface area contributed by atoms with E-state index in [-0.39, 0.29) is 0 Å². The first kappa shape index (κ1) is 7.92. The molecule has 0 saturated heterocycles. The van der Waals surface area contributed by atoms with E-state index in [1.165, 1.54) is 17.8 Å². The van der Waals surface area contributed by atoms with Gasteiger partial charge in [-0.2, -0.15) is 0 Å². The van der Waals surface area contributed by atoms with E-state index in [1.54, 1.807) is 6.20 Å². The van der Waals surface area contributed by atoms with Crippen molar-refractivity contribution in [3.8, 4) is 0 Å². The monoisotopic (exact) mass is 181 g/mol. The number of carbonyl (C=O) groups excluding carboxylic acids is 1. The minimum atomic E-state index is 0.310. The minimum Gasteiger partial charge on any atom is -0.293 e. The van der Waals surface area contributed by atoms with Gasteiger partial charge >= 0.3 is 0 Å². The fourth-order valence-corrected chi connectivity index (χ4v) is 2.14. The Bertz CT molecular complexity index is 301. The van der Waals surface area contributed by atoms with Crippen LogP contribution in [0.4, 0.5) is 0 Å². The van der Waals surface area contributed by atoms with Crippen LogP contribution in [-0.4, -0.2) is 10.8 Å². The van der Waals surface area contributed by atoms with Gasteiger partial charge in [0.15, 0.2) is 5.78 Å². The molecule has 1 aromatic rings. The fraction of sp³-hybridized carbons (Fsp3) is 0.556. The Morgan fingerprint density at radius 3 is 2.83 bits per heavy atom. The first-order valence-electron chi connectivity index (χ1n) is 4.24. The summed E-state index contributed by atoms with van der Waals surface area (Å²) in [7, 11) is 0. The second-order valence-corrected chi connectivity index (χ2v) is 4.47. The van der Waals surface area contributed by atoms with Gasteiger partial charge < -0.3 is 0 Å². The highest BCUT2D eigenvalue weighted by Gasteiger charge is 2.27. The smallest absolute Gasteiger partial charge is 0.177 e. The van der Waals surface area contributed by atoms with Gasteiger partial charge in [-0.15, -0.1) is 11.3 Å². The Balaban J connectivity index is 2.13. The van der Waals surface area contributed by atoms with E-state index in [4.69, 9.17) is 0 Å². The second-order valence-electron chi connectivity index (χ2n) is 3.24. The fourth-order valence-electron chi connectivity index (χ4n) is 1.35. The van der Waals surface area contributed by atoms with Gasteiger partial charge in [0, 0.05) is 12.1 Å². The average Bonchev–Trinajstić information content (AvgIpc) is 2.31. The first-order chi connectivity index (χ1) is 5.77. The molecule has 1 heterocycles. The van der Waals surface area contributed by atoms with Gasteiger partial charge in [-0.05, 0) is 19.8 Å². The number of carbonyl (C=O) groups is 1. The van der Waals surface area contributed by atoms with Crippen molar-refractivity contribution in [1.82, 2.24) is 4.98 Å². The van der Waals surface area contributed by atoms with Crippen LogP contribution in [0.15, 0.2) is 6.20 Å². The maximum Gasteiger partial charge on any atom is 0.177 e. The van der Waals surface area contributed by atoms with Crippen molar-refractivity contribution in [1.29, 1.82) is 0 Å². The molecule has 0 aromatic carbocycles. The summed E-state index contributed by atoms with van der Waals surface area (Å²) in [6.45, 7) is 1.93. The molecule has 0 atom stereocenters. The maximum atomic E-state index is 11.6. The number of hydrogen-bond acceptors (Lipinski definition) is 3. The summed E-state index contributed by atoms with van der Waals surface area (Å²) in [4.78, 5) is 16.5. The van der Waals surface area contributed by atoms with E-state index in [2.05, 4.69) is 4.98 Å². The van der Waals surface area contributed by atoms with E-state index in [1.807, 2.05) is 6.92 Å². The molecule has 0 amide bonds. The minimum absolute atomic E-state index is 0.310. The van der Waals surface area contributed by atoms with Crippen molar-refractivity contribution in [3.63, 3.8) is 0 Å². The zero-order valence-corrected chi connectivity index (χ0v) is 7.86. The zero-order valence-electron chi connectivity index (χ0n) is 7.04. The van der Waals surface area contributed by atoms with Gasteiger partial charge in [0.05, 0.1) is 9.88 Å². The molecule has 1 aliphatic rings. The molecule has 0 aliphatic heterocycles. The summed E-state index contributed by atoms with van der Waals surface area (Å²) in [6, 6.07) is 0. The van der Waals surface area contributed by atoms with Crippen LogP contribution in [-0.2, 0) is 0 Å². The van der Waals surface area contributed by atoms with E-state index in [0.29, 0.717) is 11.7 Å². The van der Waals surface area contributed by atoms with Crippen molar-refractivity contribution >= 4 is 17.1 Å². The number of rotatable bonds is 2. The van der Waals surface area contributed by atoms with Crippen LogP contribution in [0.3, 0.4) is 0 Å². The molecular weight excluding hydrogens is 170 g/mol. The Labute approximate surface area is 75.6 Å². The third-order valence-electron chi connectivity index (χ3n) is 2.34. The van der Waals surface area contributed by atoms with E-state index >= 15 is 0 Å². The van der Waals surface area contributed by atoms with Crippen molar-refractivity contribution in [2.45, 2.75) is 26.2 Å². The predicted molar refractivity (Wildman–Crippen MR) is 48.5 cm³/mol. The molecule has 0 bridgehead atoms. The third-order valence-corrected chi connectivity index (χ3v) is 3.27. The van der Waals surface area contributed by atoms with Crippen molar-refractivity contribution < 1.29 is 4.79 Å². The van der Waals surface area contributed by atoms with Crippen LogP contribution in [0.25, 0.3) is 0 Å². The summed E-state index contributed by atoms with van der Waals surface area (Å²) in [5.41, 5.74) is 0. The molecule has 64 valence electrons. The number of nitrogens with zero attached hydrogens (tertiary/aromatic N) is 1. The highest BCUT2D eigenvalue weighted by Crippen LogP contribution is 2.31. The lowest BCUT2D eigenvalue weighted by molar-refractivity contribution is 0.0859. The molecule has 1 aromatic heterocycles. The molecule has 1 fully saturated rings. The third kappa shape index (κ3) is 1.29. The molecule has 0 radical (unpaired) electrons. The highest BCUT2D eigenvalue weighted by molar-refractivity contribution is 7.13. The van der Waals surface area contributed by atoms with Crippen molar-refractivity contribution in [2.24, 2.45) is 5.92 Å². The molecule has 0 spiro atoms. The lowest BCUT2D eigenvalue weighted by Gasteiger charge is -2.22. The maximum absolute atomic E-state index is 11.6. The van der Waals surface area contributed by atoms with Crippen LogP contribution in [0, 0.1) is 12.8 Å². The van der Waals surface area contributed by atoms with Crippen LogP contribution < -0.4 is 0 Å². The summed E-state index contributed by atoms with van der Waals surface area (Å²) >= 11 is 1.51. The van der Waals surface area contributed by atoms with Crippen LogP contribution in [0.2, 0.25) is 0 Å². The predicted octanol–water partition coefficient (Wildman–Crippen LogP) is 2.43. The number of thiazole rings is 1. The SMILES string of the molecule is Cc1ncc(C(=O)C2CCC2)s1. The van der Waals surface area contributed by atoms with Gasteiger partial charge in [-0.3, -0.25) is 4.79 Å². The van der Waals surface area contributed by atoms with E-state index < -0.39 is 0 Å². The molecular formula is C9H11NOS. The Morgan fingerprint density at radius 1 is 1.67 bits per heavy atom. The molecule has 2 nitrogen and oxygen atoms in total.